The molecule has 2 N–H and O–H groups in total. The Kier molecular flexibility index (Phi) is 5.96. The molecule has 6 nitrogen and oxygen atoms in total. The predicted octanol–water partition coefficient (Wildman–Crippen LogP) is 5.71. The number of hydrogen-bond acceptors (Lipinski definition) is 5. The summed E-state index contributed by atoms with van der Waals surface area (Å²) in [5.41, 5.74) is 7.03. The monoisotopic (exact) mass is 498 g/mol. The minimum absolute atomic E-state index is 0.0720. The van der Waals surface area contributed by atoms with Crippen LogP contribution in [0.15, 0.2) is 91.4 Å². The molecule has 0 aliphatic carbocycles. The number of ketones is 1. The van der Waals surface area contributed by atoms with Gasteiger partial charge in [-0.1, -0.05) is 18.2 Å². The molecule has 37 heavy (non-hydrogen) atoms. The molecule has 2 aromatic heterocycles. The molecule has 182 valence electrons. The van der Waals surface area contributed by atoms with Gasteiger partial charge in [-0.15, -0.1) is 0 Å². The van der Waals surface area contributed by atoms with Gasteiger partial charge in [-0.25, -0.2) is 4.98 Å². The quantitative estimate of drug-likeness (QED) is 0.313. The second-order valence-corrected chi connectivity index (χ2v) is 8.23. The smallest absolute Gasteiger partial charge is 0.366 e. The largest absolute Gasteiger partial charge is 0.417 e. The molecule has 0 radical (unpaired) electrons. The first-order valence-electron chi connectivity index (χ1n) is 11.0. The van der Waals surface area contributed by atoms with E-state index in [1.54, 1.807) is 42.9 Å². The highest BCUT2D eigenvalue weighted by atomic mass is 19.4. The van der Waals surface area contributed by atoms with E-state index in [4.69, 9.17) is 5.73 Å². The minimum atomic E-state index is -4.67. The van der Waals surface area contributed by atoms with Crippen LogP contribution in [-0.4, -0.2) is 26.6 Å². The van der Waals surface area contributed by atoms with Gasteiger partial charge in [0.25, 0.3) is 0 Å². The van der Waals surface area contributed by atoms with Crippen LogP contribution >= 0.6 is 0 Å². The van der Waals surface area contributed by atoms with E-state index in [9.17, 15) is 22.8 Å². The first-order valence-corrected chi connectivity index (χ1v) is 11.0. The Morgan fingerprint density at radius 1 is 0.757 bits per heavy atom. The number of aromatic nitrogens is 3. The molecular weight excluding hydrogens is 481 g/mol. The number of nitrogens with two attached hydrogens (primary N) is 1. The average molecular weight is 498 g/mol. The number of benzene rings is 3. The van der Waals surface area contributed by atoms with Crippen molar-refractivity contribution in [3.8, 4) is 22.4 Å². The number of carbonyl (C=O) groups is 2. The first-order chi connectivity index (χ1) is 17.7. The summed E-state index contributed by atoms with van der Waals surface area (Å²) >= 11 is 0. The van der Waals surface area contributed by atoms with Gasteiger partial charge in [-0.2, -0.15) is 13.2 Å². The van der Waals surface area contributed by atoms with Gasteiger partial charge in [0.1, 0.15) is 0 Å². The van der Waals surface area contributed by atoms with Crippen LogP contribution < -0.4 is 5.73 Å². The number of carbonyl (C=O) groups excluding carboxylic acids is 2. The van der Waals surface area contributed by atoms with Gasteiger partial charge < -0.3 is 5.73 Å². The molecule has 5 aromatic rings. The Hall–Kier alpha value is -4.92. The third kappa shape index (κ3) is 4.79. The zero-order valence-corrected chi connectivity index (χ0v) is 19.0. The summed E-state index contributed by atoms with van der Waals surface area (Å²) in [7, 11) is 0. The van der Waals surface area contributed by atoms with Gasteiger partial charge in [0, 0.05) is 34.6 Å². The zero-order valence-electron chi connectivity index (χ0n) is 19.0. The summed E-state index contributed by atoms with van der Waals surface area (Å²) in [6, 6.07) is 17.2. The van der Waals surface area contributed by atoms with E-state index in [1.165, 1.54) is 24.3 Å². The van der Waals surface area contributed by atoms with Crippen LogP contribution in [0.2, 0.25) is 0 Å². The highest BCUT2D eigenvalue weighted by Gasteiger charge is 2.34. The van der Waals surface area contributed by atoms with E-state index < -0.39 is 23.4 Å². The third-order valence-electron chi connectivity index (χ3n) is 5.81. The fourth-order valence-electron chi connectivity index (χ4n) is 3.98. The molecule has 0 aliphatic rings. The molecule has 9 heteroatoms. The highest BCUT2D eigenvalue weighted by Crippen LogP contribution is 2.38. The van der Waals surface area contributed by atoms with Gasteiger partial charge in [-0.05, 0) is 65.7 Å². The molecule has 0 fully saturated rings. The SMILES string of the molecule is NC(=O)c1ccc(C(F)(F)F)c(-c2cccc(C(=O)c3ccc4ncc(-c5cccnc5)nc4c3)c2)c1. The van der Waals surface area contributed by atoms with Crippen LogP contribution in [0.3, 0.4) is 0 Å². The molecule has 0 atom stereocenters. The van der Waals surface area contributed by atoms with Gasteiger partial charge in [0.2, 0.25) is 5.91 Å². The number of pyridine rings is 1. The lowest BCUT2D eigenvalue weighted by atomic mass is 9.93. The number of halogens is 3. The first kappa shape index (κ1) is 23.8. The maximum Gasteiger partial charge on any atom is 0.417 e. The van der Waals surface area contributed by atoms with Crippen LogP contribution in [0.1, 0.15) is 31.8 Å². The lowest BCUT2D eigenvalue weighted by Crippen LogP contribution is -2.13. The van der Waals surface area contributed by atoms with Crippen molar-refractivity contribution < 1.29 is 22.8 Å². The highest BCUT2D eigenvalue weighted by molar-refractivity contribution is 6.11. The standard InChI is InChI=1S/C28H17F3N4O2/c29-28(30,31)22-8-6-19(27(32)37)12-21(22)16-3-1-4-17(11-16)26(36)18-7-9-23-24(13-18)35-25(15-34-23)20-5-2-10-33-14-20/h1-15H,(H2,32,37). The number of amides is 1. The van der Waals surface area contributed by atoms with E-state index in [-0.39, 0.29) is 22.3 Å². The van der Waals surface area contributed by atoms with Gasteiger partial charge in [-0.3, -0.25) is 19.6 Å². The molecule has 1 amide bonds. The van der Waals surface area contributed by atoms with Crippen LogP contribution in [-0.2, 0) is 6.18 Å². The molecule has 0 bridgehead atoms. The maximum atomic E-state index is 13.7. The molecule has 0 spiro atoms. The molecule has 0 aliphatic heterocycles. The Labute approximate surface area is 208 Å². The number of primary amides is 1. The van der Waals surface area contributed by atoms with Crippen molar-refractivity contribution in [2.75, 3.05) is 0 Å². The van der Waals surface area contributed by atoms with Gasteiger partial charge in [0.15, 0.2) is 5.78 Å². The van der Waals surface area contributed by atoms with Crippen LogP contribution in [0.25, 0.3) is 33.4 Å². The van der Waals surface area contributed by atoms with Crippen molar-refractivity contribution in [2.24, 2.45) is 5.73 Å². The number of alkyl halides is 3. The van der Waals surface area contributed by atoms with Crippen LogP contribution in [0.5, 0.6) is 0 Å². The molecule has 2 heterocycles. The van der Waals surface area contributed by atoms with Crippen molar-refractivity contribution in [1.82, 2.24) is 15.0 Å². The average Bonchev–Trinajstić information content (AvgIpc) is 2.91. The minimum Gasteiger partial charge on any atom is -0.366 e. The molecule has 3 aromatic carbocycles. The van der Waals surface area contributed by atoms with Gasteiger partial charge >= 0.3 is 6.18 Å². The van der Waals surface area contributed by atoms with Crippen molar-refractivity contribution in [2.45, 2.75) is 6.18 Å². The molecule has 5 rings (SSSR count). The van der Waals surface area contributed by atoms with E-state index in [2.05, 4.69) is 15.0 Å². The second kappa shape index (κ2) is 9.27. The zero-order chi connectivity index (χ0) is 26.2. The van der Waals surface area contributed by atoms with E-state index in [1.807, 2.05) is 6.07 Å². The lowest BCUT2D eigenvalue weighted by molar-refractivity contribution is -0.137. The molecular formula is C28H17F3N4O2. The summed E-state index contributed by atoms with van der Waals surface area (Å²) in [5, 5.41) is 0. The number of hydrogen-bond donors (Lipinski definition) is 1. The third-order valence-corrected chi connectivity index (χ3v) is 5.81. The Bertz CT molecular complexity index is 1670. The summed E-state index contributed by atoms with van der Waals surface area (Å²) in [4.78, 5) is 38.0. The predicted molar refractivity (Wildman–Crippen MR) is 132 cm³/mol. The summed E-state index contributed by atoms with van der Waals surface area (Å²) in [6.07, 6.45) is 0.237. The van der Waals surface area contributed by atoms with E-state index >= 15 is 0 Å². The van der Waals surface area contributed by atoms with Crippen LogP contribution in [0.4, 0.5) is 13.2 Å². The van der Waals surface area contributed by atoms with Crippen molar-refractivity contribution in [3.63, 3.8) is 0 Å². The van der Waals surface area contributed by atoms with Crippen molar-refractivity contribution in [3.05, 3.63) is 114 Å². The maximum absolute atomic E-state index is 13.7. The normalized spacial score (nSPS) is 11.4. The lowest BCUT2D eigenvalue weighted by Gasteiger charge is -2.15. The molecule has 0 saturated heterocycles. The van der Waals surface area contributed by atoms with E-state index in [0.29, 0.717) is 22.3 Å². The number of nitrogens with zero attached hydrogens (tertiary/aromatic N) is 3. The Balaban J connectivity index is 1.55. The van der Waals surface area contributed by atoms with Crippen molar-refractivity contribution in [1.29, 1.82) is 0 Å². The summed E-state index contributed by atoms with van der Waals surface area (Å²) in [6.45, 7) is 0. The second-order valence-electron chi connectivity index (χ2n) is 8.23. The summed E-state index contributed by atoms with van der Waals surface area (Å²) < 4.78 is 41.1. The molecule has 0 unspecified atom stereocenters. The van der Waals surface area contributed by atoms with Crippen LogP contribution in [0, 0.1) is 0 Å². The Morgan fingerprint density at radius 3 is 2.24 bits per heavy atom. The number of fused-ring (bicyclic) bond motifs is 1. The molecule has 0 saturated carbocycles. The number of rotatable bonds is 5. The van der Waals surface area contributed by atoms with Crippen molar-refractivity contribution >= 4 is 22.7 Å². The summed E-state index contributed by atoms with van der Waals surface area (Å²) in [5.74, 6) is -1.26. The topological polar surface area (TPSA) is 98.8 Å². The Morgan fingerprint density at radius 2 is 1.51 bits per heavy atom. The fourth-order valence-corrected chi connectivity index (χ4v) is 3.98. The fraction of sp³-hybridized carbons (Fsp3) is 0.0357. The van der Waals surface area contributed by atoms with Gasteiger partial charge in [0.05, 0.1) is 28.5 Å². The van der Waals surface area contributed by atoms with E-state index in [0.717, 1.165) is 23.8 Å².